The standard InChI is InChI=1S/C11H14N2O2S3/c1-12-7-10-11(3-5-17-10)18(14,15)13-6-9-2-4-16-8-9/h2-5,8,12-13H,6-7H2,1H3. The van der Waals surface area contributed by atoms with Crippen molar-refractivity contribution in [3.05, 3.63) is 38.7 Å². The highest BCUT2D eigenvalue weighted by molar-refractivity contribution is 7.89. The molecule has 2 aromatic rings. The van der Waals surface area contributed by atoms with Gasteiger partial charge in [0.2, 0.25) is 10.0 Å². The highest BCUT2D eigenvalue weighted by Gasteiger charge is 2.18. The Morgan fingerprint density at radius 1 is 1.22 bits per heavy atom. The number of nitrogens with one attached hydrogen (secondary N) is 2. The largest absolute Gasteiger partial charge is 0.315 e. The Hall–Kier alpha value is -0.730. The van der Waals surface area contributed by atoms with Crippen LogP contribution in [0.15, 0.2) is 33.2 Å². The lowest BCUT2D eigenvalue weighted by molar-refractivity contribution is 0.580. The van der Waals surface area contributed by atoms with Crippen LogP contribution in [0.25, 0.3) is 0 Å². The lowest BCUT2D eigenvalue weighted by atomic mass is 10.4. The molecule has 0 aliphatic carbocycles. The van der Waals surface area contributed by atoms with E-state index in [9.17, 15) is 8.42 Å². The fourth-order valence-electron chi connectivity index (χ4n) is 1.51. The second kappa shape index (κ2) is 5.94. The van der Waals surface area contributed by atoms with Crippen molar-refractivity contribution in [3.63, 3.8) is 0 Å². The molecule has 2 rings (SSSR count). The summed E-state index contributed by atoms with van der Waals surface area (Å²) in [6.45, 7) is 0.896. The maximum Gasteiger partial charge on any atom is 0.242 e. The molecule has 0 saturated carbocycles. The van der Waals surface area contributed by atoms with E-state index >= 15 is 0 Å². The summed E-state index contributed by atoms with van der Waals surface area (Å²) in [6, 6.07) is 3.56. The third kappa shape index (κ3) is 3.18. The molecule has 7 heteroatoms. The molecule has 2 aromatic heterocycles. The van der Waals surface area contributed by atoms with Gasteiger partial charge in [-0.1, -0.05) is 0 Å². The van der Waals surface area contributed by atoms with Crippen LogP contribution in [0.5, 0.6) is 0 Å². The molecule has 2 heterocycles. The zero-order chi connectivity index (χ0) is 13.0. The first-order valence-corrected chi connectivity index (χ1v) is 8.66. The van der Waals surface area contributed by atoms with Gasteiger partial charge in [0.15, 0.2) is 0 Å². The van der Waals surface area contributed by atoms with Crippen molar-refractivity contribution in [2.45, 2.75) is 18.0 Å². The quantitative estimate of drug-likeness (QED) is 0.858. The average Bonchev–Trinajstić information content (AvgIpc) is 2.97. The van der Waals surface area contributed by atoms with Gasteiger partial charge in [0.05, 0.1) is 4.90 Å². The number of hydrogen-bond donors (Lipinski definition) is 2. The van der Waals surface area contributed by atoms with Crippen molar-refractivity contribution in [3.8, 4) is 0 Å². The van der Waals surface area contributed by atoms with Gasteiger partial charge in [-0.05, 0) is 40.9 Å². The molecule has 18 heavy (non-hydrogen) atoms. The Balaban J connectivity index is 2.12. The third-order valence-corrected chi connectivity index (χ3v) is 5.65. The van der Waals surface area contributed by atoms with Crippen molar-refractivity contribution in [2.75, 3.05) is 7.05 Å². The number of hydrogen-bond acceptors (Lipinski definition) is 5. The van der Waals surface area contributed by atoms with E-state index in [1.807, 2.05) is 16.8 Å². The lowest BCUT2D eigenvalue weighted by Gasteiger charge is -2.06. The van der Waals surface area contributed by atoms with Crippen molar-refractivity contribution >= 4 is 32.7 Å². The minimum atomic E-state index is -3.42. The van der Waals surface area contributed by atoms with Gasteiger partial charge in [0, 0.05) is 18.0 Å². The van der Waals surface area contributed by atoms with E-state index in [0.29, 0.717) is 18.0 Å². The van der Waals surface area contributed by atoms with Crippen LogP contribution >= 0.6 is 22.7 Å². The molecule has 0 bridgehead atoms. The molecule has 0 radical (unpaired) electrons. The van der Waals surface area contributed by atoms with Crippen LogP contribution < -0.4 is 10.0 Å². The van der Waals surface area contributed by atoms with E-state index < -0.39 is 10.0 Å². The Morgan fingerprint density at radius 2 is 2.06 bits per heavy atom. The van der Waals surface area contributed by atoms with Gasteiger partial charge >= 0.3 is 0 Å². The Morgan fingerprint density at radius 3 is 2.72 bits per heavy atom. The zero-order valence-corrected chi connectivity index (χ0v) is 12.3. The summed E-state index contributed by atoms with van der Waals surface area (Å²) in [5, 5.41) is 8.64. The molecule has 98 valence electrons. The van der Waals surface area contributed by atoms with Crippen LogP contribution in [0.1, 0.15) is 10.4 Å². The highest BCUT2D eigenvalue weighted by Crippen LogP contribution is 2.21. The fraction of sp³-hybridized carbons (Fsp3) is 0.273. The molecule has 0 aromatic carbocycles. The molecule has 0 aliphatic rings. The number of thiophene rings is 2. The number of rotatable bonds is 6. The van der Waals surface area contributed by atoms with E-state index in [0.717, 1.165) is 10.4 Å². The highest BCUT2D eigenvalue weighted by atomic mass is 32.2. The minimum Gasteiger partial charge on any atom is -0.315 e. The van der Waals surface area contributed by atoms with Crippen LogP contribution in [0.2, 0.25) is 0 Å². The molecule has 0 saturated heterocycles. The normalized spacial score (nSPS) is 11.8. The van der Waals surface area contributed by atoms with E-state index in [4.69, 9.17) is 0 Å². The van der Waals surface area contributed by atoms with Crippen molar-refractivity contribution in [1.82, 2.24) is 10.0 Å². The minimum absolute atomic E-state index is 0.334. The first-order chi connectivity index (χ1) is 8.63. The molecule has 0 spiro atoms. The van der Waals surface area contributed by atoms with Gasteiger partial charge in [-0.2, -0.15) is 11.3 Å². The van der Waals surface area contributed by atoms with E-state index in [1.54, 1.807) is 29.8 Å². The summed E-state index contributed by atoms with van der Waals surface area (Å²) < 4.78 is 26.9. The average molecular weight is 302 g/mol. The van der Waals surface area contributed by atoms with E-state index in [1.165, 1.54) is 11.3 Å². The molecule has 0 atom stereocenters. The second-order valence-electron chi connectivity index (χ2n) is 3.69. The summed E-state index contributed by atoms with van der Waals surface area (Å²) in [5.74, 6) is 0. The van der Waals surface area contributed by atoms with Gasteiger partial charge in [-0.3, -0.25) is 0 Å². The zero-order valence-electron chi connectivity index (χ0n) is 9.84. The summed E-state index contributed by atoms with van der Waals surface area (Å²) in [4.78, 5) is 1.20. The van der Waals surface area contributed by atoms with Crippen LogP contribution in [-0.2, 0) is 23.1 Å². The molecule has 4 nitrogen and oxygen atoms in total. The predicted molar refractivity (Wildman–Crippen MR) is 75.4 cm³/mol. The topological polar surface area (TPSA) is 58.2 Å². The van der Waals surface area contributed by atoms with Gasteiger partial charge in [0.1, 0.15) is 0 Å². The molecule has 0 amide bonds. The summed E-state index contributed by atoms with van der Waals surface area (Å²) >= 11 is 3.00. The van der Waals surface area contributed by atoms with Crippen molar-refractivity contribution in [1.29, 1.82) is 0 Å². The SMILES string of the molecule is CNCc1sccc1S(=O)(=O)NCc1ccsc1. The van der Waals surface area contributed by atoms with Crippen LogP contribution in [0, 0.1) is 0 Å². The van der Waals surface area contributed by atoms with Crippen LogP contribution in [0.4, 0.5) is 0 Å². The van der Waals surface area contributed by atoms with Crippen molar-refractivity contribution < 1.29 is 8.42 Å². The predicted octanol–water partition coefficient (Wildman–Crippen LogP) is 2.01. The van der Waals surface area contributed by atoms with E-state index in [2.05, 4.69) is 10.0 Å². The van der Waals surface area contributed by atoms with Gasteiger partial charge in [-0.15, -0.1) is 11.3 Å². The molecule has 0 fully saturated rings. The van der Waals surface area contributed by atoms with Crippen LogP contribution in [0.3, 0.4) is 0 Å². The molecular weight excluding hydrogens is 288 g/mol. The van der Waals surface area contributed by atoms with Crippen molar-refractivity contribution in [2.24, 2.45) is 0 Å². The number of sulfonamides is 1. The van der Waals surface area contributed by atoms with Gasteiger partial charge in [0.25, 0.3) is 0 Å². The third-order valence-electron chi connectivity index (χ3n) is 2.38. The first-order valence-electron chi connectivity index (χ1n) is 5.35. The Bertz CT molecular complexity index is 588. The summed E-state index contributed by atoms with van der Waals surface area (Å²) in [7, 11) is -1.62. The summed E-state index contributed by atoms with van der Waals surface area (Å²) in [6.07, 6.45) is 0. The fourth-order valence-corrected chi connectivity index (χ4v) is 4.65. The van der Waals surface area contributed by atoms with E-state index in [-0.39, 0.29) is 0 Å². The monoisotopic (exact) mass is 302 g/mol. The van der Waals surface area contributed by atoms with Gasteiger partial charge in [-0.25, -0.2) is 13.1 Å². The summed E-state index contributed by atoms with van der Waals surface area (Å²) in [5.41, 5.74) is 0.981. The molecular formula is C11H14N2O2S3. The second-order valence-corrected chi connectivity index (χ2v) is 7.21. The Kier molecular flexibility index (Phi) is 4.52. The Labute approximate surface area is 115 Å². The maximum absolute atomic E-state index is 12.2. The molecule has 0 aliphatic heterocycles. The van der Waals surface area contributed by atoms with Gasteiger partial charge < -0.3 is 5.32 Å². The smallest absolute Gasteiger partial charge is 0.242 e. The maximum atomic E-state index is 12.2. The molecule has 0 unspecified atom stereocenters. The lowest BCUT2D eigenvalue weighted by Crippen LogP contribution is -2.24. The molecule has 2 N–H and O–H groups in total. The van der Waals surface area contributed by atoms with Crippen LogP contribution in [-0.4, -0.2) is 15.5 Å². The first kappa shape index (κ1) is 13.7.